The van der Waals surface area contributed by atoms with Gasteiger partial charge in [0.25, 0.3) is 0 Å². The molecule has 0 heterocycles. The number of alkyl halides is 8. The fourth-order valence-electron chi connectivity index (χ4n) is 1.45. The summed E-state index contributed by atoms with van der Waals surface area (Å²) in [5.74, 6) is -2.18. The first-order chi connectivity index (χ1) is 7.39. The highest BCUT2D eigenvalue weighted by Crippen LogP contribution is 2.52. The predicted molar refractivity (Wildman–Crippen MR) is 57.8 cm³/mol. The summed E-state index contributed by atoms with van der Waals surface area (Å²) in [5, 5.41) is 0. The number of rotatable bonds is 4. The molecule has 0 aromatic heterocycles. The highest BCUT2D eigenvalue weighted by atomic mass is 127. The van der Waals surface area contributed by atoms with E-state index in [9.17, 15) is 30.7 Å². The van der Waals surface area contributed by atoms with Crippen LogP contribution < -0.4 is 0 Å². The van der Waals surface area contributed by atoms with Crippen molar-refractivity contribution < 1.29 is 30.7 Å². The molecule has 0 aromatic carbocycles. The highest BCUT2D eigenvalue weighted by molar-refractivity contribution is 14.1. The van der Waals surface area contributed by atoms with Crippen molar-refractivity contribution >= 4 is 22.6 Å². The fraction of sp³-hybridized carbons (Fsp3) is 1.00. The molecule has 0 aliphatic carbocycles. The molecule has 104 valence electrons. The molecule has 2 atom stereocenters. The third kappa shape index (κ3) is 3.37. The molecule has 0 N–H and O–H groups in total. The number of hydrogen-bond acceptors (Lipinski definition) is 0. The van der Waals surface area contributed by atoms with Crippen LogP contribution in [0.4, 0.5) is 30.7 Å². The standard InChI is InChI=1S/C9H12F7I/c1-3-4-6(17)5(2)7(10,8(11,12)13)9(14,15)16/h5-6H,3-4H2,1-2H3. The summed E-state index contributed by atoms with van der Waals surface area (Å²) in [6.07, 6.45) is -11.4. The lowest BCUT2D eigenvalue weighted by Gasteiger charge is -2.37. The summed E-state index contributed by atoms with van der Waals surface area (Å²) >= 11 is 1.43. The van der Waals surface area contributed by atoms with Gasteiger partial charge in [-0.25, -0.2) is 4.39 Å². The van der Waals surface area contributed by atoms with Crippen LogP contribution in [-0.4, -0.2) is 21.9 Å². The van der Waals surface area contributed by atoms with Crippen LogP contribution in [0.3, 0.4) is 0 Å². The first-order valence-corrected chi connectivity index (χ1v) is 6.10. The van der Waals surface area contributed by atoms with E-state index in [1.54, 1.807) is 6.92 Å². The fourth-order valence-corrected chi connectivity index (χ4v) is 2.57. The Morgan fingerprint density at radius 2 is 1.29 bits per heavy atom. The van der Waals surface area contributed by atoms with Crippen molar-refractivity contribution in [1.82, 2.24) is 0 Å². The normalized spacial score (nSPS) is 18.0. The summed E-state index contributed by atoms with van der Waals surface area (Å²) < 4.78 is 86.6. The topological polar surface area (TPSA) is 0 Å². The summed E-state index contributed by atoms with van der Waals surface area (Å²) in [5.41, 5.74) is -5.15. The zero-order chi connectivity index (χ0) is 14.1. The molecule has 8 heteroatoms. The van der Waals surface area contributed by atoms with E-state index in [2.05, 4.69) is 0 Å². The van der Waals surface area contributed by atoms with Crippen molar-refractivity contribution in [1.29, 1.82) is 0 Å². The van der Waals surface area contributed by atoms with Crippen molar-refractivity contribution in [3.05, 3.63) is 0 Å². The van der Waals surface area contributed by atoms with Gasteiger partial charge in [-0.1, -0.05) is 42.9 Å². The zero-order valence-corrected chi connectivity index (χ0v) is 11.3. The third-order valence-corrected chi connectivity index (χ3v) is 4.26. The second-order valence-corrected chi connectivity index (χ2v) is 5.40. The lowest BCUT2D eigenvalue weighted by molar-refractivity contribution is -0.356. The molecule has 0 saturated heterocycles. The quantitative estimate of drug-likeness (QED) is 0.364. The second-order valence-electron chi connectivity index (χ2n) is 3.80. The first kappa shape index (κ1) is 17.2. The smallest absolute Gasteiger partial charge is 0.223 e. The molecule has 0 aliphatic heterocycles. The van der Waals surface area contributed by atoms with Crippen LogP contribution in [0, 0.1) is 5.92 Å². The van der Waals surface area contributed by atoms with Crippen molar-refractivity contribution in [2.45, 2.75) is 48.6 Å². The minimum Gasteiger partial charge on any atom is -0.223 e. The number of hydrogen-bond donors (Lipinski definition) is 0. The Labute approximate surface area is 108 Å². The van der Waals surface area contributed by atoms with E-state index >= 15 is 0 Å². The summed E-state index contributed by atoms with van der Waals surface area (Å²) in [6, 6.07) is 0. The van der Waals surface area contributed by atoms with Gasteiger partial charge in [-0.2, -0.15) is 26.3 Å². The van der Waals surface area contributed by atoms with Crippen LogP contribution in [0.5, 0.6) is 0 Å². The van der Waals surface area contributed by atoms with Crippen LogP contribution in [0.2, 0.25) is 0 Å². The molecule has 17 heavy (non-hydrogen) atoms. The average molecular weight is 380 g/mol. The Morgan fingerprint density at radius 1 is 0.941 bits per heavy atom. The van der Waals surface area contributed by atoms with Gasteiger partial charge in [0.05, 0.1) is 0 Å². The molecule has 0 spiro atoms. The number of halogens is 8. The largest absolute Gasteiger partial charge is 0.431 e. The molecule has 0 fully saturated rings. The maximum absolute atomic E-state index is 13.5. The van der Waals surface area contributed by atoms with Gasteiger partial charge in [-0.15, -0.1) is 0 Å². The maximum atomic E-state index is 13.5. The van der Waals surface area contributed by atoms with E-state index in [4.69, 9.17) is 0 Å². The lowest BCUT2D eigenvalue weighted by atomic mass is 9.85. The lowest BCUT2D eigenvalue weighted by Crippen LogP contribution is -2.59. The molecular weight excluding hydrogens is 368 g/mol. The van der Waals surface area contributed by atoms with Crippen LogP contribution in [0.25, 0.3) is 0 Å². The monoisotopic (exact) mass is 380 g/mol. The second kappa shape index (κ2) is 5.48. The molecule has 0 aliphatic rings. The molecule has 0 aromatic rings. The Kier molecular flexibility index (Phi) is 5.56. The average Bonchev–Trinajstić information content (AvgIpc) is 2.12. The molecule has 0 radical (unpaired) electrons. The molecule has 0 amide bonds. The van der Waals surface area contributed by atoms with Gasteiger partial charge in [0.2, 0.25) is 0 Å². The molecule has 0 bridgehead atoms. The van der Waals surface area contributed by atoms with E-state index in [0.29, 0.717) is 13.3 Å². The Bertz CT molecular complexity index is 231. The van der Waals surface area contributed by atoms with Gasteiger partial charge in [-0.05, 0) is 6.42 Å². The van der Waals surface area contributed by atoms with Gasteiger partial charge < -0.3 is 0 Å². The molecule has 0 rings (SSSR count). The minimum absolute atomic E-state index is 0.0968. The minimum atomic E-state index is -5.96. The summed E-state index contributed by atoms with van der Waals surface area (Å²) in [4.78, 5) is 0. The molecule has 0 nitrogen and oxygen atoms in total. The van der Waals surface area contributed by atoms with E-state index in [1.807, 2.05) is 0 Å². The predicted octanol–water partition coefficient (Wildman–Crippen LogP) is 5.06. The summed E-state index contributed by atoms with van der Waals surface area (Å²) in [7, 11) is 0. The Morgan fingerprint density at radius 3 is 1.53 bits per heavy atom. The van der Waals surface area contributed by atoms with E-state index in [0.717, 1.165) is 0 Å². The van der Waals surface area contributed by atoms with E-state index in [-0.39, 0.29) is 6.42 Å². The SMILES string of the molecule is CCCC(I)C(C)C(F)(C(F)(F)F)C(F)(F)F. The molecule has 0 saturated carbocycles. The highest BCUT2D eigenvalue weighted by Gasteiger charge is 2.75. The van der Waals surface area contributed by atoms with E-state index < -0.39 is 27.9 Å². The zero-order valence-electron chi connectivity index (χ0n) is 9.09. The van der Waals surface area contributed by atoms with E-state index in [1.165, 1.54) is 22.6 Å². The van der Waals surface area contributed by atoms with Crippen LogP contribution in [-0.2, 0) is 0 Å². The summed E-state index contributed by atoms with van der Waals surface area (Å²) in [6.45, 7) is 2.26. The first-order valence-electron chi connectivity index (χ1n) is 4.86. The van der Waals surface area contributed by atoms with Crippen molar-refractivity contribution in [2.75, 3.05) is 0 Å². The van der Waals surface area contributed by atoms with Gasteiger partial charge in [0.1, 0.15) is 0 Å². The third-order valence-electron chi connectivity index (χ3n) is 2.56. The van der Waals surface area contributed by atoms with Crippen LogP contribution in [0.1, 0.15) is 26.7 Å². The van der Waals surface area contributed by atoms with Gasteiger partial charge >= 0.3 is 18.0 Å². The molecule has 2 unspecified atom stereocenters. The van der Waals surface area contributed by atoms with Crippen molar-refractivity contribution in [3.63, 3.8) is 0 Å². The Balaban J connectivity index is 5.36. The van der Waals surface area contributed by atoms with Gasteiger partial charge in [0.15, 0.2) is 0 Å². The van der Waals surface area contributed by atoms with Crippen molar-refractivity contribution in [3.8, 4) is 0 Å². The molecular formula is C9H12F7I. The van der Waals surface area contributed by atoms with Crippen molar-refractivity contribution in [2.24, 2.45) is 5.92 Å². The van der Waals surface area contributed by atoms with Gasteiger partial charge in [0, 0.05) is 9.84 Å². The van der Waals surface area contributed by atoms with Gasteiger partial charge in [-0.3, -0.25) is 0 Å². The van der Waals surface area contributed by atoms with Crippen LogP contribution in [0.15, 0.2) is 0 Å². The maximum Gasteiger partial charge on any atom is 0.431 e. The Hall–Kier alpha value is 0.240. The van der Waals surface area contributed by atoms with Crippen LogP contribution >= 0.6 is 22.6 Å².